The first-order valence-electron chi connectivity index (χ1n) is 13.6. The summed E-state index contributed by atoms with van der Waals surface area (Å²) in [5, 5.41) is 74.4. The normalized spacial score (nSPS) is 27.2. The number of rotatable bonds is 6. The van der Waals surface area contributed by atoms with Crippen LogP contribution in [0.1, 0.15) is 27.2 Å². The summed E-state index contributed by atoms with van der Waals surface area (Å²) in [5.41, 5.74) is 2.26. The lowest BCUT2D eigenvalue weighted by molar-refractivity contribution is -0.123. The van der Waals surface area contributed by atoms with E-state index in [1.54, 1.807) is 50.1 Å². The molecule has 5 atom stereocenters. The molecule has 13 heteroatoms. The third-order valence-electron chi connectivity index (χ3n) is 8.25. The Kier molecular flexibility index (Phi) is 7.78. The highest BCUT2D eigenvalue weighted by Gasteiger charge is 2.61. The van der Waals surface area contributed by atoms with Crippen LogP contribution >= 0.6 is 0 Å². The van der Waals surface area contributed by atoms with Crippen molar-refractivity contribution in [2.24, 2.45) is 17.6 Å². The summed E-state index contributed by atoms with van der Waals surface area (Å²) in [4.78, 5) is 28.2. The van der Waals surface area contributed by atoms with Crippen LogP contribution < -0.4 is 31.7 Å². The summed E-state index contributed by atoms with van der Waals surface area (Å²) < 4.78 is 0. The molecule has 3 aliphatic carbocycles. The van der Waals surface area contributed by atoms with E-state index in [0.29, 0.717) is 10.9 Å². The fourth-order valence-electron chi connectivity index (χ4n) is 6.30. The van der Waals surface area contributed by atoms with Crippen LogP contribution in [0.25, 0.3) is 11.8 Å². The van der Waals surface area contributed by atoms with Gasteiger partial charge < -0.3 is 56.8 Å². The summed E-state index contributed by atoms with van der Waals surface area (Å²) in [5.74, 6) is -6.27. The monoisotopic (exact) mass is 587 g/mol. The molecule has 1 aromatic carbocycles. The molecule has 0 aliphatic heterocycles. The zero-order valence-electron chi connectivity index (χ0n) is 24.8. The van der Waals surface area contributed by atoms with Gasteiger partial charge in [0.1, 0.15) is 23.4 Å². The molecule has 0 spiro atoms. The van der Waals surface area contributed by atoms with Crippen LogP contribution in [0.2, 0.25) is 0 Å². The summed E-state index contributed by atoms with van der Waals surface area (Å²) in [7, 11) is 6.73. The number of hydrogen-bond acceptors (Lipinski definition) is 11. The van der Waals surface area contributed by atoms with Crippen LogP contribution in [0.15, 0.2) is 28.7 Å². The fourth-order valence-corrected chi connectivity index (χ4v) is 6.30. The Labute approximate surface area is 243 Å². The van der Waals surface area contributed by atoms with Crippen LogP contribution in [0.3, 0.4) is 0 Å². The summed E-state index contributed by atoms with van der Waals surface area (Å²) >= 11 is 0. The van der Waals surface area contributed by atoms with Crippen LogP contribution in [0, 0.1) is 11.8 Å². The fraction of sp³-hybridized carbons (Fsp3) is 0.517. The van der Waals surface area contributed by atoms with Gasteiger partial charge in [0, 0.05) is 54.0 Å². The Morgan fingerprint density at radius 3 is 2.24 bits per heavy atom. The summed E-state index contributed by atoms with van der Waals surface area (Å²) in [6.45, 7) is 5.65. The van der Waals surface area contributed by atoms with Crippen molar-refractivity contribution in [2.75, 3.05) is 45.0 Å². The molecule has 0 saturated carbocycles. The number of nitrogens with one attached hydrogen (secondary N) is 2. The van der Waals surface area contributed by atoms with Crippen molar-refractivity contribution in [1.82, 2.24) is 10.2 Å². The molecule has 0 fully saturated rings. The average Bonchev–Trinajstić information content (AvgIpc) is 2.85. The molecule has 0 aromatic heterocycles. The first-order valence-corrected chi connectivity index (χ1v) is 13.6. The van der Waals surface area contributed by atoms with E-state index >= 15 is 0 Å². The van der Waals surface area contributed by atoms with Gasteiger partial charge in [0.15, 0.2) is 11.4 Å². The second kappa shape index (κ2) is 10.5. The number of benzene rings is 1. The number of primary amides is 1. The predicted molar refractivity (Wildman–Crippen MR) is 157 cm³/mol. The molecule has 10 N–H and O–H groups in total. The smallest absolute Gasteiger partial charge is 0.250 e. The number of anilines is 2. The van der Waals surface area contributed by atoms with Crippen molar-refractivity contribution in [3.8, 4) is 5.75 Å². The molecular formula is C29H41N5O8. The van der Waals surface area contributed by atoms with Crippen molar-refractivity contribution < 1.29 is 40.2 Å². The highest BCUT2D eigenvalue weighted by Crippen LogP contribution is 2.52. The zero-order chi connectivity index (χ0) is 31.6. The number of nitrogens with zero attached hydrogens (tertiary/aromatic N) is 2. The summed E-state index contributed by atoms with van der Waals surface area (Å²) in [6, 6.07) is 0.622. The van der Waals surface area contributed by atoms with Gasteiger partial charge in [0.25, 0.3) is 5.91 Å². The molecule has 0 radical (unpaired) electrons. The first kappa shape index (κ1) is 31.2. The predicted octanol–water partition coefficient (Wildman–Crippen LogP) is -0.973. The largest absolute Gasteiger partial charge is 0.508 e. The molecule has 0 saturated heterocycles. The number of carbonyl (C=O) groups is 2. The Bertz CT molecular complexity index is 1520. The maximum absolute atomic E-state index is 12.7. The number of aromatic hydroxyl groups is 1. The van der Waals surface area contributed by atoms with E-state index in [1.165, 1.54) is 0 Å². The zero-order valence-corrected chi connectivity index (χ0v) is 24.8. The number of hydrogen-bond donors (Lipinski definition) is 9. The van der Waals surface area contributed by atoms with Gasteiger partial charge in [-0.2, -0.15) is 0 Å². The van der Waals surface area contributed by atoms with Crippen LogP contribution in [-0.2, 0) is 9.59 Å². The number of nitrogens with two attached hydrogens (primary N) is 1. The van der Waals surface area contributed by atoms with Gasteiger partial charge in [-0.1, -0.05) is 6.08 Å². The number of fused-ring (bicyclic) bond motifs is 3. The lowest BCUT2D eigenvalue weighted by atomic mass is 9.60. The third-order valence-corrected chi connectivity index (χ3v) is 8.25. The van der Waals surface area contributed by atoms with E-state index in [9.17, 15) is 40.2 Å². The molecular weight excluding hydrogens is 546 g/mol. The van der Waals surface area contributed by atoms with Gasteiger partial charge in [-0.3, -0.25) is 9.59 Å². The molecule has 0 bridgehead atoms. The molecule has 230 valence electrons. The highest BCUT2D eigenvalue weighted by molar-refractivity contribution is 5.96. The lowest BCUT2D eigenvalue weighted by Crippen LogP contribution is -2.63. The van der Waals surface area contributed by atoms with E-state index in [0.717, 1.165) is 0 Å². The van der Waals surface area contributed by atoms with E-state index in [2.05, 4.69) is 10.6 Å². The number of aliphatic hydroxyl groups is 5. The topological polar surface area (TPSA) is 212 Å². The van der Waals surface area contributed by atoms with Gasteiger partial charge in [-0.25, -0.2) is 0 Å². The van der Waals surface area contributed by atoms with Gasteiger partial charge in [-0.05, 0) is 47.4 Å². The Balaban J connectivity index is 1.98. The lowest BCUT2D eigenvalue weighted by Gasteiger charge is -2.52. The second-order valence-corrected chi connectivity index (χ2v) is 12.6. The molecule has 13 nitrogen and oxygen atoms in total. The minimum atomic E-state index is -2.58. The maximum atomic E-state index is 12.7. The average molecular weight is 588 g/mol. The van der Waals surface area contributed by atoms with E-state index < -0.39 is 70.0 Å². The molecule has 42 heavy (non-hydrogen) atoms. The van der Waals surface area contributed by atoms with Gasteiger partial charge in [0.05, 0.1) is 23.0 Å². The molecule has 2 amide bonds. The molecule has 1 aromatic rings. The Morgan fingerprint density at radius 2 is 1.71 bits per heavy atom. The molecule has 1 unspecified atom stereocenters. The number of amides is 2. The highest BCUT2D eigenvalue weighted by atomic mass is 16.4. The maximum Gasteiger partial charge on any atom is 0.250 e. The SMILES string of the molecule is CN(C)c1cc(NC(=O)CNC(C)(C)C)c(O)c2c1=C[C@H]1C[C@H]3[C@H](N(C)C)C(O)C(C(N)=O)=C(O)[C@@]3(O)C(O)=C1C=2O. The van der Waals surface area contributed by atoms with Crippen molar-refractivity contribution in [1.29, 1.82) is 0 Å². The number of aliphatic hydroxyl groups excluding tert-OH is 4. The molecule has 4 rings (SSSR count). The van der Waals surface area contributed by atoms with Gasteiger partial charge >= 0.3 is 0 Å². The third kappa shape index (κ3) is 4.85. The van der Waals surface area contributed by atoms with Crippen molar-refractivity contribution in [3.63, 3.8) is 0 Å². The van der Waals surface area contributed by atoms with Crippen LogP contribution in [-0.4, -0.2) is 105 Å². The van der Waals surface area contributed by atoms with E-state index in [1.807, 2.05) is 20.8 Å². The van der Waals surface area contributed by atoms with Crippen molar-refractivity contribution >= 4 is 35.0 Å². The van der Waals surface area contributed by atoms with E-state index in [4.69, 9.17) is 5.73 Å². The number of likely N-dealkylation sites (N-methyl/N-ethyl adjacent to an activating group) is 1. The van der Waals surface area contributed by atoms with Crippen LogP contribution in [0.4, 0.5) is 11.4 Å². The summed E-state index contributed by atoms with van der Waals surface area (Å²) in [6.07, 6.45) is 0.178. The Hall–Kier alpha value is -3.78. The van der Waals surface area contributed by atoms with Gasteiger partial charge in [-0.15, -0.1) is 0 Å². The minimum absolute atomic E-state index is 0.0104. The quantitative estimate of drug-likeness (QED) is 0.185. The second-order valence-electron chi connectivity index (χ2n) is 12.6. The Morgan fingerprint density at radius 1 is 1.10 bits per heavy atom. The molecule has 0 heterocycles. The van der Waals surface area contributed by atoms with Crippen molar-refractivity contribution in [3.05, 3.63) is 39.2 Å². The van der Waals surface area contributed by atoms with Gasteiger partial charge in [0.2, 0.25) is 5.91 Å². The molecule has 3 aliphatic rings. The number of carbonyl (C=O) groups excluding carboxylic acids is 2. The minimum Gasteiger partial charge on any atom is -0.508 e. The number of phenolic OH excluding ortho intramolecular Hbond substituents is 1. The van der Waals surface area contributed by atoms with Crippen LogP contribution in [0.5, 0.6) is 5.75 Å². The van der Waals surface area contributed by atoms with E-state index in [-0.39, 0.29) is 35.0 Å². The standard InChI is InChI=1S/C29H41N5O8/c1-28(2,3)31-11-17(35)32-15-10-16(33(4)5)13-8-12-9-14-21(34(6)7)24(38)20(27(30)41)26(40)29(14,42)25(39)18(12)23(37)19(13)22(15)36/h8,10,12,14,21,24,31,36-40,42H,9,11H2,1-7H3,(H2,30,41)(H,32,35)/t12-,14-,21-,24?,29-/m0/s1. The van der Waals surface area contributed by atoms with Crippen molar-refractivity contribution in [2.45, 2.75) is 50.5 Å². The first-order chi connectivity index (χ1) is 19.3. The number of phenols is 1.